The largest absolute Gasteiger partial charge is 0.337 e. The van der Waals surface area contributed by atoms with Gasteiger partial charge in [-0.2, -0.15) is 0 Å². The minimum atomic E-state index is -3.87. The molecule has 0 unspecified atom stereocenters. The number of anilines is 2. The number of fused-ring (bicyclic) bond motifs is 1. The highest BCUT2D eigenvalue weighted by Crippen LogP contribution is 2.23. The van der Waals surface area contributed by atoms with Gasteiger partial charge in [-0.15, -0.1) is 0 Å². The van der Waals surface area contributed by atoms with Gasteiger partial charge < -0.3 is 14.2 Å². The van der Waals surface area contributed by atoms with E-state index in [9.17, 15) is 13.2 Å². The van der Waals surface area contributed by atoms with Crippen molar-refractivity contribution in [3.63, 3.8) is 0 Å². The summed E-state index contributed by atoms with van der Waals surface area (Å²) in [6.07, 6.45) is 3.68. The van der Waals surface area contributed by atoms with Crippen molar-refractivity contribution in [1.82, 2.24) is 14.5 Å². The van der Waals surface area contributed by atoms with Gasteiger partial charge in [-0.1, -0.05) is 35.5 Å². The number of hydrogen-bond donors (Lipinski definition) is 2. The summed E-state index contributed by atoms with van der Waals surface area (Å²) in [5, 5.41) is 6.53. The first-order chi connectivity index (χ1) is 16.8. The van der Waals surface area contributed by atoms with Crippen LogP contribution in [0.3, 0.4) is 0 Å². The fourth-order valence-corrected chi connectivity index (χ4v) is 4.53. The van der Waals surface area contributed by atoms with Crippen LogP contribution >= 0.6 is 0 Å². The second-order valence-electron chi connectivity index (χ2n) is 7.98. The number of nitrogens with one attached hydrogen (secondary N) is 2. The van der Waals surface area contributed by atoms with E-state index in [1.807, 2.05) is 40.9 Å². The molecule has 0 bridgehead atoms. The Balaban J connectivity index is 1.31. The number of hydrogen-bond acceptors (Lipinski definition) is 6. The van der Waals surface area contributed by atoms with Crippen molar-refractivity contribution < 1.29 is 17.7 Å². The molecule has 2 aromatic carbocycles. The van der Waals surface area contributed by atoms with Gasteiger partial charge in [0.2, 0.25) is 5.88 Å². The van der Waals surface area contributed by atoms with Gasteiger partial charge in [0.25, 0.3) is 15.9 Å². The van der Waals surface area contributed by atoms with Gasteiger partial charge in [0.1, 0.15) is 5.65 Å². The van der Waals surface area contributed by atoms with Crippen molar-refractivity contribution in [2.24, 2.45) is 0 Å². The number of amides is 1. The summed E-state index contributed by atoms with van der Waals surface area (Å²) in [6, 6.07) is 19.0. The number of aromatic nitrogens is 3. The molecule has 0 spiro atoms. The van der Waals surface area contributed by atoms with E-state index in [0.717, 1.165) is 11.3 Å². The summed E-state index contributed by atoms with van der Waals surface area (Å²) >= 11 is 0. The van der Waals surface area contributed by atoms with Crippen molar-refractivity contribution in [2.75, 3.05) is 10.0 Å². The van der Waals surface area contributed by atoms with Crippen molar-refractivity contribution in [1.29, 1.82) is 0 Å². The molecule has 5 aromatic rings. The molecule has 0 saturated heterocycles. The molecular weight excluding hydrogens is 466 g/mol. The first-order valence-corrected chi connectivity index (χ1v) is 12.2. The predicted molar refractivity (Wildman–Crippen MR) is 132 cm³/mol. The molecule has 10 heteroatoms. The Hall–Kier alpha value is -4.44. The van der Waals surface area contributed by atoms with Crippen molar-refractivity contribution in [3.8, 4) is 11.3 Å². The lowest BCUT2D eigenvalue weighted by molar-refractivity contribution is 0.102. The number of nitrogens with zero attached hydrogens (tertiary/aromatic N) is 3. The monoisotopic (exact) mass is 487 g/mol. The van der Waals surface area contributed by atoms with Gasteiger partial charge in [-0.3, -0.25) is 4.79 Å². The molecule has 9 nitrogen and oxygen atoms in total. The van der Waals surface area contributed by atoms with E-state index in [0.29, 0.717) is 28.2 Å². The van der Waals surface area contributed by atoms with Crippen molar-refractivity contribution in [2.45, 2.75) is 18.7 Å². The van der Waals surface area contributed by atoms with Crippen LogP contribution in [-0.4, -0.2) is 28.9 Å². The molecule has 0 aliphatic rings. The molecule has 0 fully saturated rings. The minimum Gasteiger partial charge on any atom is -0.337 e. The van der Waals surface area contributed by atoms with E-state index >= 15 is 0 Å². The third-order valence-electron chi connectivity index (χ3n) is 5.60. The normalized spacial score (nSPS) is 11.5. The first kappa shape index (κ1) is 22.4. The number of pyridine rings is 1. The maximum atomic E-state index is 12.8. The molecule has 176 valence electrons. The summed E-state index contributed by atoms with van der Waals surface area (Å²) in [5.41, 5.74) is 4.53. The second kappa shape index (κ2) is 8.73. The summed E-state index contributed by atoms with van der Waals surface area (Å²) in [6.45, 7) is 3.44. The lowest BCUT2D eigenvalue weighted by Gasteiger charge is -2.08. The molecule has 3 heterocycles. The van der Waals surface area contributed by atoms with Gasteiger partial charge in [-0.25, -0.2) is 18.1 Å². The number of imidazole rings is 1. The topological polar surface area (TPSA) is 119 Å². The average Bonchev–Trinajstić information content (AvgIpc) is 3.43. The highest BCUT2D eigenvalue weighted by molar-refractivity contribution is 7.92. The van der Waals surface area contributed by atoms with E-state index in [4.69, 9.17) is 4.52 Å². The average molecular weight is 488 g/mol. The van der Waals surface area contributed by atoms with E-state index in [1.54, 1.807) is 32.2 Å². The zero-order valence-electron chi connectivity index (χ0n) is 18.9. The molecule has 0 saturated carbocycles. The fraction of sp³-hybridized carbons (Fsp3) is 0.0800. The summed E-state index contributed by atoms with van der Waals surface area (Å²) in [5.74, 6) is -0.261. The number of sulfonamides is 1. The smallest absolute Gasteiger partial charge is 0.264 e. The van der Waals surface area contributed by atoms with Crippen LogP contribution < -0.4 is 10.0 Å². The Morgan fingerprint density at radius 3 is 2.43 bits per heavy atom. The highest BCUT2D eigenvalue weighted by atomic mass is 32.2. The number of carbonyl (C=O) groups is 1. The van der Waals surface area contributed by atoms with Crippen LogP contribution in [0.1, 0.15) is 21.6 Å². The number of benzene rings is 2. The zero-order valence-corrected chi connectivity index (χ0v) is 19.7. The Kier molecular flexibility index (Phi) is 5.58. The third-order valence-corrected chi connectivity index (χ3v) is 6.95. The Morgan fingerprint density at radius 2 is 1.74 bits per heavy atom. The lowest BCUT2D eigenvalue weighted by Crippen LogP contribution is -2.14. The molecule has 5 rings (SSSR count). The van der Waals surface area contributed by atoms with Crippen LogP contribution in [0.15, 0.2) is 88.5 Å². The standard InChI is InChI=1S/C25H21N5O4S/c1-16-17(2)28-34-25(16)29-35(32,33)21-10-8-20(9-11-21)26-24(31)19-12-13-30-15-22(27-23(30)14-19)18-6-4-3-5-7-18/h3-15,29H,1-2H3,(H,26,31). The number of rotatable bonds is 6. The number of aryl methyl sites for hydroxylation is 1. The van der Waals surface area contributed by atoms with Crippen LogP contribution in [0, 0.1) is 13.8 Å². The highest BCUT2D eigenvalue weighted by Gasteiger charge is 2.19. The maximum absolute atomic E-state index is 12.8. The van der Waals surface area contributed by atoms with E-state index in [-0.39, 0.29) is 16.7 Å². The van der Waals surface area contributed by atoms with E-state index in [1.165, 1.54) is 24.3 Å². The van der Waals surface area contributed by atoms with Gasteiger partial charge in [0, 0.05) is 34.8 Å². The van der Waals surface area contributed by atoms with Crippen molar-refractivity contribution >= 4 is 33.1 Å². The Bertz CT molecular complexity index is 1640. The van der Waals surface area contributed by atoms with Crippen LogP contribution in [-0.2, 0) is 10.0 Å². The number of carbonyl (C=O) groups excluding carboxylic acids is 1. The Labute approximate surface area is 201 Å². The molecule has 0 radical (unpaired) electrons. The molecule has 35 heavy (non-hydrogen) atoms. The molecular formula is C25H21N5O4S. The zero-order chi connectivity index (χ0) is 24.6. The molecule has 0 atom stereocenters. The Morgan fingerprint density at radius 1 is 1.00 bits per heavy atom. The maximum Gasteiger partial charge on any atom is 0.264 e. The summed E-state index contributed by atoms with van der Waals surface area (Å²) in [7, 11) is -3.87. The fourth-order valence-electron chi connectivity index (χ4n) is 3.48. The second-order valence-corrected chi connectivity index (χ2v) is 9.66. The van der Waals surface area contributed by atoms with Crippen LogP contribution in [0.25, 0.3) is 16.9 Å². The minimum absolute atomic E-state index is 0.0243. The van der Waals surface area contributed by atoms with Crippen LogP contribution in [0.5, 0.6) is 0 Å². The first-order valence-electron chi connectivity index (χ1n) is 10.7. The summed E-state index contributed by atoms with van der Waals surface area (Å²) in [4.78, 5) is 17.4. The molecule has 3 aromatic heterocycles. The predicted octanol–water partition coefficient (Wildman–Crippen LogP) is 4.66. The molecule has 0 aliphatic carbocycles. The van der Waals surface area contributed by atoms with E-state index in [2.05, 4.69) is 20.2 Å². The molecule has 1 amide bonds. The third kappa shape index (κ3) is 4.51. The van der Waals surface area contributed by atoms with Gasteiger partial charge in [0.05, 0.1) is 16.3 Å². The van der Waals surface area contributed by atoms with Crippen molar-refractivity contribution in [3.05, 3.63) is 95.9 Å². The van der Waals surface area contributed by atoms with Gasteiger partial charge >= 0.3 is 0 Å². The van der Waals surface area contributed by atoms with Gasteiger partial charge in [-0.05, 0) is 50.2 Å². The summed E-state index contributed by atoms with van der Waals surface area (Å²) < 4.78 is 34.6. The van der Waals surface area contributed by atoms with Crippen LogP contribution in [0.2, 0.25) is 0 Å². The lowest BCUT2D eigenvalue weighted by atomic mass is 10.2. The molecule has 0 aliphatic heterocycles. The van der Waals surface area contributed by atoms with Gasteiger partial charge in [0.15, 0.2) is 0 Å². The molecule has 2 N–H and O–H groups in total. The van der Waals surface area contributed by atoms with E-state index < -0.39 is 10.0 Å². The van der Waals surface area contributed by atoms with Crippen LogP contribution in [0.4, 0.5) is 11.6 Å². The quantitative estimate of drug-likeness (QED) is 0.360. The SMILES string of the molecule is Cc1noc(NS(=O)(=O)c2ccc(NC(=O)c3ccn4cc(-c5ccccc5)nc4c3)cc2)c1C.